The fourth-order valence-corrected chi connectivity index (χ4v) is 2.36. The summed E-state index contributed by atoms with van der Waals surface area (Å²) in [7, 11) is 0. The Kier molecular flexibility index (Phi) is 4.06. The lowest BCUT2D eigenvalue weighted by Gasteiger charge is -2.04. The zero-order valence-corrected chi connectivity index (χ0v) is 12.8. The standard InChI is InChI=1S/C19H17N3O/c1-14-11-18(20)22(19(23)12-14)21-13-15-7-9-17(10-8-15)16-5-3-2-4-6-16/h2-13H,20H2,1H3/b21-13-. The topological polar surface area (TPSA) is 60.4 Å². The number of hydrogen-bond donors (Lipinski definition) is 1. The molecule has 2 N–H and O–H groups in total. The zero-order valence-electron chi connectivity index (χ0n) is 12.8. The summed E-state index contributed by atoms with van der Waals surface area (Å²) in [6, 6.07) is 21.3. The largest absolute Gasteiger partial charge is 0.384 e. The van der Waals surface area contributed by atoms with E-state index in [0.29, 0.717) is 5.82 Å². The summed E-state index contributed by atoms with van der Waals surface area (Å²) >= 11 is 0. The molecule has 3 rings (SSSR count). The van der Waals surface area contributed by atoms with Crippen LogP contribution in [-0.4, -0.2) is 10.9 Å². The van der Waals surface area contributed by atoms with Gasteiger partial charge in [-0.05, 0) is 35.2 Å². The molecule has 0 unspecified atom stereocenters. The van der Waals surface area contributed by atoms with E-state index in [9.17, 15) is 4.79 Å². The summed E-state index contributed by atoms with van der Waals surface area (Å²) in [5.74, 6) is 0.326. The van der Waals surface area contributed by atoms with Crippen LogP contribution in [0.4, 0.5) is 5.82 Å². The number of nitrogen functional groups attached to an aromatic ring is 1. The molecule has 4 nitrogen and oxygen atoms in total. The van der Waals surface area contributed by atoms with Gasteiger partial charge in [-0.2, -0.15) is 9.78 Å². The molecular weight excluding hydrogens is 286 g/mol. The summed E-state index contributed by atoms with van der Waals surface area (Å²) < 4.78 is 1.19. The maximum atomic E-state index is 11.9. The van der Waals surface area contributed by atoms with Crippen molar-refractivity contribution in [3.05, 3.63) is 88.2 Å². The summed E-state index contributed by atoms with van der Waals surface area (Å²) in [4.78, 5) is 11.9. The van der Waals surface area contributed by atoms with Gasteiger partial charge < -0.3 is 5.73 Å². The molecule has 0 aliphatic heterocycles. The fraction of sp³-hybridized carbons (Fsp3) is 0.0526. The van der Waals surface area contributed by atoms with Crippen LogP contribution in [0.1, 0.15) is 11.1 Å². The average molecular weight is 303 g/mol. The second-order valence-electron chi connectivity index (χ2n) is 5.34. The maximum absolute atomic E-state index is 11.9. The number of anilines is 1. The Hall–Kier alpha value is -3.14. The van der Waals surface area contributed by atoms with Crippen LogP contribution >= 0.6 is 0 Å². The fourth-order valence-electron chi connectivity index (χ4n) is 2.36. The Bertz CT molecular complexity index is 894. The third-order valence-corrected chi connectivity index (χ3v) is 3.52. The van der Waals surface area contributed by atoms with Crippen LogP contribution < -0.4 is 11.3 Å². The molecule has 0 atom stereocenters. The van der Waals surface area contributed by atoms with E-state index in [4.69, 9.17) is 5.73 Å². The lowest BCUT2D eigenvalue weighted by molar-refractivity contribution is 0.843. The Morgan fingerprint density at radius 1 is 0.957 bits per heavy atom. The van der Waals surface area contributed by atoms with E-state index in [2.05, 4.69) is 17.2 Å². The third-order valence-electron chi connectivity index (χ3n) is 3.52. The van der Waals surface area contributed by atoms with Gasteiger partial charge in [0.25, 0.3) is 5.56 Å². The lowest BCUT2D eigenvalue weighted by atomic mass is 10.0. The Labute approximate surface area is 134 Å². The van der Waals surface area contributed by atoms with Gasteiger partial charge in [0.2, 0.25) is 0 Å². The van der Waals surface area contributed by atoms with Gasteiger partial charge in [-0.1, -0.05) is 54.6 Å². The molecule has 0 aliphatic carbocycles. The predicted octanol–water partition coefficient (Wildman–Crippen LogP) is 3.29. The van der Waals surface area contributed by atoms with Gasteiger partial charge in [-0.15, -0.1) is 0 Å². The predicted molar refractivity (Wildman–Crippen MR) is 94.7 cm³/mol. The van der Waals surface area contributed by atoms with Crippen LogP contribution in [0, 0.1) is 6.92 Å². The van der Waals surface area contributed by atoms with Gasteiger partial charge in [0.05, 0.1) is 6.21 Å². The summed E-state index contributed by atoms with van der Waals surface area (Å²) in [5.41, 5.74) is 9.62. The van der Waals surface area contributed by atoms with E-state index in [1.165, 1.54) is 10.7 Å². The van der Waals surface area contributed by atoms with E-state index in [1.54, 1.807) is 12.3 Å². The highest BCUT2D eigenvalue weighted by molar-refractivity contribution is 5.81. The van der Waals surface area contributed by atoms with Crippen LogP contribution in [0.25, 0.3) is 11.1 Å². The first kappa shape index (κ1) is 14.8. The molecule has 0 fully saturated rings. The SMILES string of the molecule is Cc1cc(N)n(/N=C\c2ccc(-c3ccccc3)cc2)c(=O)c1. The van der Waals surface area contributed by atoms with Gasteiger partial charge in [-0.25, -0.2) is 0 Å². The van der Waals surface area contributed by atoms with Crippen LogP contribution in [0.2, 0.25) is 0 Å². The van der Waals surface area contributed by atoms with Gasteiger partial charge in [0.15, 0.2) is 0 Å². The molecule has 0 saturated carbocycles. The Morgan fingerprint density at radius 3 is 2.26 bits per heavy atom. The van der Waals surface area contributed by atoms with Crippen molar-refractivity contribution < 1.29 is 0 Å². The molecule has 1 aromatic heterocycles. The third kappa shape index (κ3) is 3.37. The minimum Gasteiger partial charge on any atom is -0.384 e. The van der Waals surface area contributed by atoms with Crippen molar-refractivity contribution in [1.82, 2.24) is 4.68 Å². The maximum Gasteiger partial charge on any atom is 0.273 e. The van der Waals surface area contributed by atoms with Crippen LogP contribution in [0.5, 0.6) is 0 Å². The number of aryl methyl sites for hydroxylation is 1. The van der Waals surface area contributed by atoms with E-state index in [-0.39, 0.29) is 5.56 Å². The Morgan fingerprint density at radius 2 is 1.61 bits per heavy atom. The number of nitrogens with two attached hydrogens (primary N) is 1. The monoisotopic (exact) mass is 303 g/mol. The van der Waals surface area contributed by atoms with Gasteiger partial charge in [0, 0.05) is 6.07 Å². The lowest BCUT2D eigenvalue weighted by Crippen LogP contribution is -2.19. The number of nitrogens with zero attached hydrogens (tertiary/aromatic N) is 2. The van der Waals surface area contributed by atoms with Crippen molar-refractivity contribution >= 4 is 12.0 Å². The molecular formula is C19H17N3O. The first-order chi connectivity index (χ1) is 11.1. The van der Waals surface area contributed by atoms with Crippen LogP contribution in [-0.2, 0) is 0 Å². The second kappa shape index (κ2) is 6.32. The molecule has 23 heavy (non-hydrogen) atoms. The molecule has 0 spiro atoms. The minimum atomic E-state index is -0.236. The van der Waals surface area contributed by atoms with Crippen molar-refractivity contribution in [1.29, 1.82) is 0 Å². The highest BCUT2D eigenvalue weighted by atomic mass is 16.1. The highest BCUT2D eigenvalue weighted by Gasteiger charge is 2.00. The smallest absolute Gasteiger partial charge is 0.273 e. The number of rotatable bonds is 3. The molecule has 4 heteroatoms. The van der Waals surface area contributed by atoms with Gasteiger partial charge >= 0.3 is 0 Å². The number of pyridine rings is 1. The normalized spacial score (nSPS) is 11.0. The number of hydrogen-bond acceptors (Lipinski definition) is 3. The minimum absolute atomic E-state index is 0.236. The van der Waals surface area contributed by atoms with Crippen LogP contribution in [0.15, 0.2) is 76.6 Å². The quantitative estimate of drug-likeness (QED) is 0.755. The van der Waals surface area contributed by atoms with Gasteiger partial charge in [0.1, 0.15) is 5.82 Å². The summed E-state index contributed by atoms with van der Waals surface area (Å²) in [6.07, 6.45) is 1.63. The average Bonchev–Trinajstić information content (AvgIpc) is 2.55. The van der Waals surface area contributed by atoms with Crippen molar-refractivity contribution in [2.75, 3.05) is 5.73 Å². The van der Waals surface area contributed by atoms with Gasteiger partial charge in [-0.3, -0.25) is 4.79 Å². The molecule has 3 aromatic rings. The number of aromatic nitrogens is 1. The molecule has 0 aliphatic rings. The highest BCUT2D eigenvalue weighted by Crippen LogP contribution is 2.18. The van der Waals surface area contributed by atoms with E-state index < -0.39 is 0 Å². The zero-order chi connectivity index (χ0) is 16.2. The summed E-state index contributed by atoms with van der Waals surface area (Å²) in [5, 5.41) is 4.17. The molecule has 2 aromatic carbocycles. The summed E-state index contributed by atoms with van der Waals surface area (Å²) in [6.45, 7) is 1.83. The van der Waals surface area contributed by atoms with Crippen molar-refractivity contribution in [3.63, 3.8) is 0 Å². The van der Waals surface area contributed by atoms with E-state index >= 15 is 0 Å². The first-order valence-corrected chi connectivity index (χ1v) is 7.32. The molecule has 0 amide bonds. The van der Waals surface area contributed by atoms with Crippen molar-refractivity contribution in [2.24, 2.45) is 5.10 Å². The second-order valence-corrected chi connectivity index (χ2v) is 5.34. The Balaban J connectivity index is 1.86. The van der Waals surface area contributed by atoms with Crippen LogP contribution in [0.3, 0.4) is 0 Å². The molecule has 0 saturated heterocycles. The molecule has 1 heterocycles. The molecule has 0 bridgehead atoms. The van der Waals surface area contributed by atoms with E-state index in [0.717, 1.165) is 22.3 Å². The van der Waals surface area contributed by atoms with Crippen molar-refractivity contribution in [3.8, 4) is 11.1 Å². The number of benzene rings is 2. The molecule has 0 radical (unpaired) electrons. The van der Waals surface area contributed by atoms with Crippen molar-refractivity contribution in [2.45, 2.75) is 6.92 Å². The van der Waals surface area contributed by atoms with E-state index in [1.807, 2.05) is 49.4 Å². The molecule has 114 valence electrons. The first-order valence-electron chi connectivity index (χ1n) is 7.32.